The van der Waals surface area contributed by atoms with Gasteiger partial charge >= 0.3 is 0 Å². The molecule has 2 N–H and O–H groups in total. The number of hydrogen-bond acceptors (Lipinski definition) is 2. The molecule has 4 aliphatic carbocycles. The maximum atomic E-state index is 12.2. The summed E-state index contributed by atoms with van der Waals surface area (Å²) in [5, 5.41) is 0. The third-order valence-electron chi connectivity index (χ3n) is 5.87. The van der Waals surface area contributed by atoms with Crippen LogP contribution < -0.4 is 5.73 Å². The van der Waals surface area contributed by atoms with Crippen LogP contribution in [0, 0.1) is 23.2 Å². The smallest absolute Gasteiger partial charge is 0.239 e. The maximum Gasteiger partial charge on any atom is 0.239 e. The second-order valence-electron chi connectivity index (χ2n) is 7.63. The van der Waals surface area contributed by atoms with Crippen LogP contribution in [0.15, 0.2) is 0 Å². The van der Waals surface area contributed by atoms with Crippen LogP contribution in [-0.2, 0) is 4.79 Å². The van der Waals surface area contributed by atoms with Crippen molar-refractivity contribution in [3.05, 3.63) is 0 Å². The summed E-state index contributed by atoms with van der Waals surface area (Å²) in [6, 6.07) is -0.307. The highest BCUT2D eigenvalue weighted by Crippen LogP contribution is 2.60. The molecule has 4 rings (SSSR count). The molecule has 108 valence electrons. The number of nitrogens with zero attached hydrogens (tertiary/aromatic N) is 1. The Morgan fingerprint density at radius 2 is 1.68 bits per heavy atom. The number of carbonyl (C=O) groups is 1. The average Bonchev–Trinajstić information content (AvgIpc) is 2.34. The highest BCUT2D eigenvalue weighted by molar-refractivity contribution is 5.81. The zero-order valence-corrected chi connectivity index (χ0v) is 12.4. The normalized spacial score (nSPS) is 41.3. The Morgan fingerprint density at radius 3 is 2.11 bits per heavy atom. The van der Waals surface area contributed by atoms with Gasteiger partial charge in [0.05, 0.1) is 6.04 Å². The van der Waals surface area contributed by atoms with Gasteiger partial charge in [-0.1, -0.05) is 6.92 Å². The lowest BCUT2D eigenvalue weighted by Crippen LogP contribution is -2.53. The summed E-state index contributed by atoms with van der Waals surface area (Å²) in [5.74, 6) is 3.00. The SMILES string of the molecule is CC[C@H](N)C(=O)N(C)CC12CC3CC(CC(C3)C1)C2. The standard InChI is InChI=1S/C16H28N2O/c1-3-14(17)15(19)18(2)10-16-7-11-4-12(8-16)6-13(5-11)9-16/h11-14H,3-10,17H2,1-2H3/t11?,12?,13?,14-,16?/m0/s1. The van der Waals surface area contributed by atoms with Gasteiger partial charge in [-0.3, -0.25) is 4.79 Å². The molecular formula is C16H28N2O. The molecule has 19 heavy (non-hydrogen) atoms. The minimum Gasteiger partial charge on any atom is -0.344 e. The summed E-state index contributed by atoms with van der Waals surface area (Å²) in [6.45, 7) is 2.93. The Morgan fingerprint density at radius 1 is 1.21 bits per heavy atom. The van der Waals surface area contributed by atoms with Crippen molar-refractivity contribution in [3.63, 3.8) is 0 Å². The first kappa shape index (κ1) is 13.4. The van der Waals surface area contributed by atoms with E-state index in [1.54, 1.807) is 0 Å². The summed E-state index contributed by atoms with van der Waals surface area (Å²) in [5.41, 5.74) is 6.33. The first-order chi connectivity index (χ1) is 9.01. The van der Waals surface area contributed by atoms with Crippen LogP contribution in [-0.4, -0.2) is 30.4 Å². The lowest BCUT2D eigenvalue weighted by Gasteiger charge is -2.57. The monoisotopic (exact) mass is 264 g/mol. The van der Waals surface area contributed by atoms with Crippen LogP contribution >= 0.6 is 0 Å². The third-order valence-corrected chi connectivity index (χ3v) is 5.87. The topological polar surface area (TPSA) is 46.3 Å². The van der Waals surface area contributed by atoms with Crippen molar-refractivity contribution in [1.29, 1.82) is 0 Å². The second kappa shape index (κ2) is 4.76. The fourth-order valence-electron chi connectivity index (χ4n) is 5.52. The lowest BCUT2D eigenvalue weighted by molar-refractivity contribution is -0.136. The predicted molar refractivity (Wildman–Crippen MR) is 76.5 cm³/mol. The second-order valence-corrected chi connectivity index (χ2v) is 7.63. The highest BCUT2D eigenvalue weighted by Gasteiger charge is 2.51. The third kappa shape index (κ3) is 2.42. The van der Waals surface area contributed by atoms with Gasteiger partial charge < -0.3 is 10.6 Å². The van der Waals surface area contributed by atoms with E-state index in [-0.39, 0.29) is 11.9 Å². The number of rotatable bonds is 4. The minimum absolute atomic E-state index is 0.137. The Bertz CT molecular complexity index is 330. The number of likely N-dealkylation sites (N-methyl/N-ethyl adjacent to an activating group) is 1. The fourth-order valence-corrected chi connectivity index (χ4v) is 5.52. The molecule has 0 aromatic heterocycles. The van der Waals surface area contributed by atoms with Gasteiger partial charge in [0.1, 0.15) is 0 Å². The van der Waals surface area contributed by atoms with Crippen molar-refractivity contribution in [1.82, 2.24) is 4.90 Å². The molecule has 4 fully saturated rings. The van der Waals surface area contributed by atoms with E-state index < -0.39 is 0 Å². The van der Waals surface area contributed by atoms with Crippen molar-refractivity contribution >= 4 is 5.91 Å². The van der Waals surface area contributed by atoms with Gasteiger partial charge in [0.2, 0.25) is 5.91 Å². The van der Waals surface area contributed by atoms with Crippen molar-refractivity contribution in [2.24, 2.45) is 28.9 Å². The molecule has 1 amide bonds. The molecule has 4 aliphatic rings. The fraction of sp³-hybridized carbons (Fsp3) is 0.938. The average molecular weight is 264 g/mol. The quantitative estimate of drug-likeness (QED) is 0.847. The predicted octanol–water partition coefficient (Wildman–Crippen LogP) is 2.40. The van der Waals surface area contributed by atoms with Gasteiger partial charge in [-0.2, -0.15) is 0 Å². The molecule has 4 saturated carbocycles. The molecule has 1 atom stereocenters. The summed E-state index contributed by atoms with van der Waals surface area (Å²) in [6.07, 6.45) is 9.21. The largest absolute Gasteiger partial charge is 0.344 e. The molecule has 0 saturated heterocycles. The summed E-state index contributed by atoms with van der Waals surface area (Å²) in [4.78, 5) is 14.1. The lowest BCUT2D eigenvalue weighted by atomic mass is 9.49. The van der Waals surface area contributed by atoms with Crippen molar-refractivity contribution < 1.29 is 4.79 Å². The van der Waals surface area contributed by atoms with Gasteiger partial charge in [0.15, 0.2) is 0 Å². The zero-order chi connectivity index (χ0) is 13.6. The summed E-state index contributed by atoms with van der Waals surface area (Å²) >= 11 is 0. The molecule has 0 aromatic carbocycles. The molecule has 0 radical (unpaired) electrons. The van der Waals surface area contributed by atoms with Gasteiger partial charge in [-0.05, 0) is 68.1 Å². The molecule has 0 heterocycles. The number of amides is 1. The van der Waals surface area contributed by atoms with Crippen LogP contribution in [0.5, 0.6) is 0 Å². The Balaban J connectivity index is 1.67. The van der Waals surface area contributed by atoms with Gasteiger partial charge in [-0.15, -0.1) is 0 Å². The van der Waals surface area contributed by atoms with E-state index in [1.807, 2.05) is 18.9 Å². The molecule has 0 spiro atoms. The maximum absolute atomic E-state index is 12.2. The Labute approximate surface area is 116 Å². The van der Waals surface area contributed by atoms with E-state index in [0.29, 0.717) is 5.41 Å². The zero-order valence-electron chi connectivity index (χ0n) is 12.4. The summed E-state index contributed by atoms with van der Waals surface area (Å²) < 4.78 is 0. The number of nitrogens with two attached hydrogens (primary N) is 1. The Hall–Kier alpha value is -0.570. The molecule has 4 bridgehead atoms. The van der Waals surface area contributed by atoms with E-state index in [9.17, 15) is 4.79 Å². The first-order valence-corrected chi connectivity index (χ1v) is 8.02. The van der Waals surface area contributed by atoms with E-state index >= 15 is 0 Å². The van der Waals surface area contributed by atoms with Crippen LogP contribution in [0.3, 0.4) is 0 Å². The van der Waals surface area contributed by atoms with E-state index in [4.69, 9.17) is 5.73 Å². The number of hydrogen-bond donors (Lipinski definition) is 1. The van der Waals surface area contributed by atoms with Crippen LogP contribution in [0.4, 0.5) is 0 Å². The van der Waals surface area contributed by atoms with Crippen molar-refractivity contribution in [2.75, 3.05) is 13.6 Å². The molecule has 0 aromatic rings. The minimum atomic E-state index is -0.307. The van der Waals surface area contributed by atoms with Crippen molar-refractivity contribution in [3.8, 4) is 0 Å². The van der Waals surface area contributed by atoms with Crippen molar-refractivity contribution in [2.45, 2.75) is 57.9 Å². The molecular weight excluding hydrogens is 236 g/mol. The van der Waals surface area contributed by atoms with Gasteiger partial charge in [-0.25, -0.2) is 0 Å². The molecule has 3 nitrogen and oxygen atoms in total. The van der Waals surface area contributed by atoms with Crippen LogP contribution in [0.25, 0.3) is 0 Å². The van der Waals surface area contributed by atoms with Gasteiger partial charge in [0.25, 0.3) is 0 Å². The van der Waals surface area contributed by atoms with Crippen LogP contribution in [0.1, 0.15) is 51.9 Å². The number of carbonyl (C=O) groups excluding carboxylic acids is 1. The Kier molecular flexibility index (Phi) is 3.36. The van der Waals surface area contributed by atoms with Gasteiger partial charge in [0, 0.05) is 13.6 Å². The first-order valence-electron chi connectivity index (χ1n) is 8.02. The van der Waals surface area contributed by atoms with E-state index in [0.717, 1.165) is 30.7 Å². The molecule has 0 unspecified atom stereocenters. The summed E-state index contributed by atoms with van der Waals surface area (Å²) in [7, 11) is 1.95. The molecule has 3 heteroatoms. The van der Waals surface area contributed by atoms with E-state index in [2.05, 4.69) is 0 Å². The highest BCUT2D eigenvalue weighted by atomic mass is 16.2. The molecule has 0 aliphatic heterocycles. The van der Waals surface area contributed by atoms with Crippen LogP contribution in [0.2, 0.25) is 0 Å². The van der Waals surface area contributed by atoms with E-state index in [1.165, 1.54) is 38.5 Å².